The Morgan fingerprint density at radius 3 is 1.50 bits per heavy atom. The van der Waals surface area contributed by atoms with E-state index >= 15 is 0 Å². The maximum absolute atomic E-state index is 10.5. The Kier molecular flexibility index (Phi) is 9.23. The van der Waals surface area contributed by atoms with Gasteiger partial charge in [-0.15, -0.1) is 0 Å². The van der Waals surface area contributed by atoms with E-state index in [0.29, 0.717) is 0 Å². The van der Waals surface area contributed by atoms with Gasteiger partial charge >= 0.3 is 11.9 Å². The van der Waals surface area contributed by atoms with Gasteiger partial charge in [0.15, 0.2) is 12.2 Å². The fraction of sp³-hybridized carbons (Fsp3) is 0.647. The van der Waals surface area contributed by atoms with E-state index in [0.717, 1.165) is 0 Å². The van der Waals surface area contributed by atoms with E-state index in [-0.39, 0.29) is 0 Å². The lowest BCUT2D eigenvalue weighted by Crippen LogP contribution is -2.16. The number of aliphatic carboxylic acids is 1. The Morgan fingerprint density at radius 1 is 0.909 bits per heavy atom. The van der Waals surface area contributed by atoms with Crippen molar-refractivity contribution in [1.29, 1.82) is 0 Å². The minimum Gasteiger partial charge on any atom is -0.479 e. The molecule has 0 radical (unpaired) electrons. The lowest BCUT2D eigenvalue weighted by atomic mass is 10.1. The second kappa shape index (κ2) is 11.0. The van der Waals surface area contributed by atoms with Gasteiger partial charge in [-0.05, 0) is 51.4 Å². The van der Waals surface area contributed by atoms with Crippen LogP contribution in [0.5, 0.6) is 0 Å². The van der Waals surface area contributed by atoms with Crippen LogP contribution in [0.3, 0.4) is 0 Å². The first kappa shape index (κ1) is 18.4. The monoisotopic (exact) mass is 310 g/mol. The predicted molar refractivity (Wildman–Crippen MR) is 83.5 cm³/mol. The van der Waals surface area contributed by atoms with Gasteiger partial charge in [0, 0.05) is 0 Å². The van der Waals surface area contributed by atoms with Crippen molar-refractivity contribution in [3.8, 4) is 0 Å². The zero-order chi connectivity index (χ0) is 16.2. The van der Waals surface area contributed by atoms with Crippen LogP contribution >= 0.6 is 0 Å². The Morgan fingerprint density at radius 2 is 1.32 bits per heavy atom. The molecule has 1 saturated heterocycles. The first-order chi connectivity index (χ1) is 10.7. The Balaban J connectivity index is 0.000000174. The predicted octanol–water partition coefficient (Wildman–Crippen LogP) is 3.24. The van der Waals surface area contributed by atoms with Crippen LogP contribution in [0, 0.1) is 0 Å². The van der Waals surface area contributed by atoms with E-state index < -0.39 is 24.1 Å². The average Bonchev–Trinajstić information content (AvgIpc) is 3.39. The van der Waals surface area contributed by atoms with Gasteiger partial charge in [0.2, 0.25) is 0 Å². The number of carbonyl (C=O) groups excluding carboxylic acids is 1. The SMILES string of the molecule is C1=CCCCC1.C1=CCCCC1.COC(=O)C1OC1C(=O)O. The Hall–Kier alpha value is -1.62. The molecule has 0 amide bonds. The number of methoxy groups -OCH3 is 1. The van der Waals surface area contributed by atoms with Gasteiger partial charge in [-0.3, -0.25) is 0 Å². The fourth-order valence-corrected chi connectivity index (χ4v) is 2.12. The molecule has 3 aliphatic rings. The van der Waals surface area contributed by atoms with Gasteiger partial charge in [0.1, 0.15) is 0 Å². The van der Waals surface area contributed by atoms with Crippen LogP contribution < -0.4 is 0 Å². The second-order valence-corrected chi connectivity index (χ2v) is 5.35. The van der Waals surface area contributed by atoms with Crippen molar-refractivity contribution < 1.29 is 24.2 Å². The number of ether oxygens (including phenoxy) is 2. The molecule has 0 aromatic carbocycles. The maximum Gasteiger partial charge on any atom is 0.338 e. The number of hydrogen-bond donors (Lipinski definition) is 1. The van der Waals surface area contributed by atoms with Crippen molar-refractivity contribution in [2.45, 2.75) is 63.6 Å². The number of carbonyl (C=O) groups is 2. The molecule has 2 unspecified atom stereocenters. The van der Waals surface area contributed by atoms with Crippen LogP contribution in [0.15, 0.2) is 24.3 Å². The van der Waals surface area contributed by atoms with Gasteiger partial charge in [-0.2, -0.15) is 0 Å². The highest BCUT2D eigenvalue weighted by atomic mass is 16.6. The molecule has 5 heteroatoms. The molecule has 3 rings (SSSR count). The van der Waals surface area contributed by atoms with Crippen molar-refractivity contribution in [1.82, 2.24) is 0 Å². The molecule has 5 nitrogen and oxygen atoms in total. The van der Waals surface area contributed by atoms with E-state index in [1.807, 2.05) is 0 Å². The minimum absolute atomic E-state index is 0.632. The molecule has 124 valence electrons. The summed E-state index contributed by atoms with van der Waals surface area (Å²) in [5.74, 6) is -1.76. The third kappa shape index (κ3) is 7.98. The van der Waals surface area contributed by atoms with Crippen LogP contribution in [-0.2, 0) is 19.1 Å². The number of epoxide rings is 1. The molecule has 2 aliphatic carbocycles. The molecule has 0 aromatic rings. The summed E-state index contributed by atoms with van der Waals surface area (Å²) in [4.78, 5) is 20.5. The van der Waals surface area contributed by atoms with Crippen LogP contribution in [0.1, 0.15) is 51.4 Å². The zero-order valence-corrected chi connectivity index (χ0v) is 13.2. The Labute approximate surface area is 132 Å². The van der Waals surface area contributed by atoms with Gasteiger partial charge in [0.25, 0.3) is 0 Å². The molecule has 0 saturated carbocycles. The van der Waals surface area contributed by atoms with Crippen molar-refractivity contribution in [2.75, 3.05) is 7.11 Å². The summed E-state index contributed by atoms with van der Waals surface area (Å²) in [6, 6.07) is 0. The van der Waals surface area contributed by atoms with Gasteiger partial charge in [-0.1, -0.05) is 24.3 Å². The van der Waals surface area contributed by atoms with Crippen molar-refractivity contribution in [2.24, 2.45) is 0 Å². The summed E-state index contributed by atoms with van der Waals surface area (Å²) >= 11 is 0. The normalized spacial score (nSPS) is 25.0. The molecule has 1 N–H and O–H groups in total. The molecule has 0 aromatic heterocycles. The topological polar surface area (TPSA) is 76.1 Å². The minimum atomic E-state index is -1.13. The van der Waals surface area contributed by atoms with E-state index in [4.69, 9.17) is 5.11 Å². The molecule has 22 heavy (non-hydrogen) atoms. The summed E-state index contributed by atoms with van der Waals surface area (Å²) in [7, 11) is 1.18. The molecular weight excluding hydrogens is 284 g/mol. The molecule has 1 aliphatic heterocycles. The van der Waals surface area contributed by atoms with Crippen molar-refractivity contribution in [3.05, 3.63) is 24.3 Å². The largest absolute Gasteiger partial charge is 0.479 e. The smallest absolute Gasteiger partial charge is 0.338 e. The number of carboxylic acid groups (broad SMARTS) is 1. The van der Waals surface area contributed by atoms with E-state index in [1.165, 1.54) is 58.5 Å². The fourth-order valence-electron chi connectivity index (χ4n) is 2.12. The van der Waals surface area contributed by atoms with Crippen LogP contribution in [0.25, 0.3) is 0 Å². The van der Waals surface area contributed by atoms with E-state index in [1.54, 1.807) is 0 Å². The first-order valence-corrected chi connectivity index (χ1v) is 7.93. The number of rotatable bonds is 2. The molecule has 2 atom stereocenters. The van der Waals surface area contributed by atoms with Gasteiger partial charge in [-0.25, -0.2) is 9.59 Å². The highest BCUT2D eigenvalue weighted by molar-refractivity contribution is 5.88. The zero-order valence-electron chi connectivity index (χ0n) is 13.2. The third-order valence-electron chi connectivity index (χ3n) is 3.48. The summed E-state index contributed by atoms with van der Waals surface area (Å²) in [5, 5.41) is 8.24. The number of allylic oxidation sites excluding steroid dienone is 4. The quantitative estimate of drug-likeness (QED) is 0.481. The number of esters is 1. The summed E-state index contributed by atoms with van der Waals surface area (Å²) < 4.78 is 8.68. The highest BCUT2D eigenvalue weighted by Crippen LogP contribution is 2.22. The molecule has 1 heterocycles. The number of carboxylic acids is 1. The average molecular weight is 310 g/mol. The summed E-state index contributed by atoms with van der Waals surface area (Å²) in [6.45, 7) is 0. The highest BCUT2D eigenvalue weighted by Gasteiger charge is 2.51. The Bertz CT molecular complexity index is 366. The lowest BCUT2D eigenvalue weighted by molar-refractivity contribution is -0.143. The maximum atomic E-state index is 10.5. The molecule has 0 spiro atoms. The van der Waals surface area contributed by atoms with Crippen LogP contribution in [0.2, 0.25) is 0 Å². The van der Waals surface area contributed by atoms with Gasteiger partial charge < -0.3 is 14.6 Å². The summed E-state index contributed by atoms with van der Waals surface area (Å²) in [5.41, 5.74) is 0. The standard InChI is InChI=1S/2C6H10.C5H6O5/c2*1-2-4-6-5-3-1;1-9-5(8)3-2(10-3)4(6)7/h2*1-2H,3-6H2;2-3H,1H3,(H,6,7). The van der Waals surface area contributed by atoms with E-state index in [2.05, 4.69) is 33.8 Å². The van der Waals surface area contributed by atoms with Crippen molar-refractivity contribution >= 4 is 11.9 Å². The molecule has 1 fully saturated rings. The number of hydrogen-bond acceptors (Lipinski definition) is 4. The van der Waals surface area contributed by atoms with E-state index in [9.17, 15) is 9.59 Å². The van der Waals surface area contributed by atoms with Crippen molar-refractivity contribution in [3.63, 3.8) is 0 Å². The molecular formula is C17H26O5. The summed E-state index contributed by atoms with van der Waals surface area (Å²) in [6.07, 6.45) is 18.1. The third-order valence-corrected chi connectivity index (χ3v) is 3.48. The van der Waals surface area contributed by atoms with Gasteiger partial charge in [0.05, 0.1) is 7.11 Å². The van der Waals surface area contributed by atoms with Crippen LogP contribution in [-0.4, -0.2) is 36.4 Å². The lowest BCUT2D eigenvalue weighted by Gasteiger charge is -1.97. The van der Waals surface area contributed by atoms with Crippen LogP contribution in [0.4, 0.5) is 0 Å². The second-order valence-electron chi connectivity index (χ2n) is 5.35. The molecule has 0 bridgehead atoms. The first-order valence-electron chi connectivity index (χ1n) is 7.93.